The number of methoxy groups -OCH3 is 1. The fourth-order valence-corrected chi connectivity index (χ4v) is 3.33. The average molecular weight is 260 g/mol. The Bertz CT molecular complexity index is 456. The highest BCUT2D eigenvalue weighted by Crippen LogP contribution is 2.38. The SMILES string of the molecule is CNC1c2cc(OC)ccc2CC1N(C)CC1CC1. The van der Waals surface area contributed by atoms with E-state index in [1.54, 1.807) is 7.11 Å². The topological polar surface area (TPSA) is 24.5 Å². The molecule has 2 unspecified atom stereocenters. The predicted molar refractivity (Wildman–Crippen MR) is 77.6 cm³/mol. The van der Waals surface area contributed by atoms with Crippen LogP contribution in [0.2, 0.25) is 0 Å². The molecule has 1 saturated carbocycles. The zero-order valence-electron chi connectivity index (χ0n) is 12.1. The molecule has 3 rings (SSSR count). The van der Waals surface area contributed by atoms with Crippen molar-refractivity contribution in [2.45, 2.75) is 31.3 Å². The van der Waals surface area contributed by atoms with Crippen molar-refractivity contribution in [1.82, 2.24) is 10.2 Å². The van der Waals surface area contributed by atoms with E-state index >= 15 is 0 Å². The third-order valence-corrected chi connectivity index (χ3v) is 4.62. The van der Waals surface area contributed by atoms with Gasteiger partial charge in [-0.3, -0.25) is 0 Å². The van der Waals surface area contributed by atoms with Crippen LogP contribution in [-0.4, -0.2) is 38.7 Å². The summed E-state index contributed by atoms with van der Waals surface area (Å²) >= 11 is 0. The van der Waals surface area contributed by atoms with Crippen molar-refractivity contribution in [3.8, 4) is 5.75 Å². The number of fused-ring (bicyclic) bond motifs is 1. The predicted octanol–water partition coefficient (Wildman–Crippen LogP) is 2.22. The second kappa shape index (κ2) is 5.14. The van der Waals surface area contributed by atoms with Crippen molar-refractivity contribution in [1.29, 1.82) is 0 Å². The Hall–Kier alpha value is -1.06. The molecule has 0 saturated heterocycles. The van der Waals surface area contributed by atoms with Gasteiger partial charge in [0.2, 0.25) is 0 Å². The Balaban J connectivity index is 1.81. The van der Waals surface area contributed by atoms with Crippen LogP contribution in [0.3, 0.4) is 0 Å². The summed E-state index contributed by atoms with van der Waals surface area (Å²) in [6.07, 6.45) is 3.98. The largest absolute Gasteiger partial charge is 0.497 e. The Morgan fingerprint density at radius 3 is 2.79 bits per heavy atom. The Morgan fingerprint density at radius 2 is 2.16 bits per heavy atom. The second-order valence-corrected chi connectivity index (χ2v) is 5.99. The molecule has 1 fully saturated rings. The van der Waals surface area contributed by atoms with E-state index in [0.29, 0.717) is 12.1 Å². The van der Waals surface area contributed by atoms with Gasteiger partial charge in [-0.15, -0.1) is 0 Å². The summed E-state index contributed by atoms with van der Waals surface area (Å²) in [5, 5.41) is 3.50. The first-order valence-electron chi connectivity index (χ1n) is 7.27. The van der Waals surface area contributed by atoms with Crippen molar-refractivity contribution in [2.24, 2.45) is 5.92 Å². The molecule has 1 aromatic carbocycles. The van der Waals surface area contributed by atoms with E-state index in [4.69, 9.17) is 4.74 Å². The fraction of sp³-hybridized carbons (Fsp3) is 0.625. The first-order valence-corrected chi connectivity index (χ1v) is 7.27. The smallest absolute Gasteiger partial charge is 0.119 e. The highest BCUT2D eigenvalue weighted by molar-refractivity contribution is 5.42. The van der Waals surface area contributed by atoms with Crippen molar-refractivity contribution in [2.75, 3.05) is 27.7 Å². The quantitative estimate of drug-likeness (QED) is 0.878. The van der Waals surface area contributed by atoms with Crippen LogP contribution >= 0.6 is 0 Å². The molecule has 2 aliphatic carbocycles. The average Bonchev–Trinajstić information content (AvgIpc) is 3.16. The molecule has 2 atom stereocenters. The molecule has 0 aromatic heterocycles. The molecule has 0 bridgehead atoms. The molecule has 2 aliphatic rings. The van der Waals surface area contributed by atoms with Gasteiger partial charge in [0.1, 0.15) is 5.75 Å². The molecule has 1 aromatic rings. The number of nitrogens with one attached hydrogen (secondary N) is 1. The molecule has 1 N–H and O–H groups in total. The van der Waals surface area contributed by atoms with Gasteiger partial charge in [0.25, 0.3) is 0 Å². The van der Waals surface area contributed by atoms with Gasteiger partial charge < -0.3 is 15.0 Å². The number of likely N-dealkylation sites (N-methyl/N-ethyl adjacent to an activating group) is 2. The summed E-state index contributed by atoms with van der Waals surface area (Å²) in [7, 11) is 6.08. The van der Waals surface area contributed by atoms with Gasteiger partial charge in [0, 0.05) is 18.6 Å². The van der Waals surface area contributed by atoms with Gasteiger partial charge in [0.05, 0.1) is 7.11 Å². The van der Waals surface area contributed by atoms with Crippen LogP contribution in [-0.2, 0) is 6.42 Å². The number of hydrogen-bond acceptors (Lipinski definition) is 3. The first-order chi connectivity index (χ1) is 9.22. The van der Waals surface area contributed by atoms with Gasteiger partial charge in [-0.05, 0) is 62.5 Å². The second-order valence-electron chi connectivity index (χ2n) is 5.99. The van der Waals surface area contributed by atoms with Gasteiger partial charge in [-0.25, -0.2) is 0 Å². The maximum Gasteiger partial charge on any atom is 0.119 e. The Kier molecular flexibility index (Phi) is 3.50. The van der Waals surface area contributed by atoms with E-state index in [9.17, 15) is 0 Å². The zero-order chi connectivity index (χ0) is 13.4. The number of nitrogens with zero attached hydrogens (tertiary/aromatic N) is 1. The van der Waals surface area contributed by atoms with Gasteiger partial charge in [0.15, 0.2) is 0 Å². The van der Waals surface area contributed by atoms with Crippen LogP contribution in [0.25, 0.3) is 0 Å². The minimum absolute atomic E-state index is 0.425. The van der Waals surface area contributed by atoms with Crippen LogP contribution in [0.4, 0.5) is 0 Å². The van der Waals surface area contributed by atoms with Crippen molar-refractivity contribution in [3.05, 3.63) is 29.3 Å². The highest BCUT2D eigenvalue weighted by atomic mass is 16.5. The summed E-state index contributed by atoms with van der Waals surface area (Å²) in [5.41, 5.74) is 2.88. The molecule has 104 valence electrons. The lowest BCUT2D eigenvalue weighted by molar-refractivity contribution is 0.201. The van der Waals surface area contributed by atoms with Gasteiger partial charge in [-0.1, -0.05) is 6.07 Å². The lowest BCUT2D eigenvalue weighted by atomic mass is 10.1. The molecule has 0 radical (unpaired) electrons. The minimum Gasteiger partial charge on any atom is -0.497 e. The van der Waals surface area contributed by atoms with Crippen LogP contribution in [0.1, 0.15) is 30.0 Å². The summed E-state index contributed by atoms with van der Waals surface area (Å²) in [4.78, 5) is 2.55. The zero-order valence-corrected chi connectivity index (χ0v) is 12.1. The number of hydrogen-bond donors (Lipinski definition) is 1. The van der Waals surface area contributed by atoms with Crippen LogP contribution < -0.4 is 10.1 Å². The summed E-state index contributed by atoms with van der Waals surface area (Å²) in [5.74, 6) is 1.91. The van der Waals surface area contributed by atoms with E-state index in [2.05, 4.69) is 42.5 Å². The third kappa shape index (κ3) is 2.49. The lowest BCUT2D eigenvalue weighted by Crippen LogP contribution is -2.40. The molecular formula is C16H24N2O. The summed E-state index contributed by atoms with van der Waals surface area (Å²) in [6.45, 7) is 1.24. The van der Waals surface area contributed by atoms with Crippen molar-refractivity contribution >= 4 is 0 Å². The number of benzene rings is 1. The van der Waals surface area contributed by atoms with E-state index in [-0.39, 0.29) is 0 Å². The van der Waals surface area contributed by atoms with E-state index < -0.39 is 0 Å². The van der Waals surface area contributed by atoms with Crippen molar-refractivity contribution in [3.63, 3.8) is 0 Å². The van der Waals surface area contributed by atoms with Crippen molar-refractivity contribution < 1.29 is 4.74 Å². The summed E-state index contributed by atoms with van der Waals surface area (Å²) in [6, 6.07) is 7.50. The van der Waals surface area contributed by atoms with Gasteiger partial charge >= 0.3 is 0 Å². The van der Waals surface area contributed by atoms with E-state index in [1.165, 1.54) is 30.5 Å². The monoisotopic (exact) mass is 260 g/mol. The van der Waals surface area contributed by atoms with E-state index in [0.717, 1.165) is 18.1 Å². The number of rotatable bonds is 5. The summed E-state index contributed by atoms with van der Waals surface area (Å²) < 4.78 is 5.36. The van der Waals surface area contributed by atoms with Crippen LogP contribution in [0, 0.1) is 5.92 Å². The molecule has 0 aliphatic heterocycles. The van der Waals surface area contributed by atoms with Gasteiger partial charge in [-0.2, -0.15) is 0 Å². The highest BCUT2D eigenvalue weighted by Gasteiger charge is 2.36. The fourth-order valence-electron chi connectivity index (χ4n) is 3.33. The molecule has 0 amide bonds. The first kappa shape index (κ1) is 12.9. The Labute approximate surface area is 115 Å². The molecular weight excluding hydrogens is 236 g/mol. The molecule has 3 heteroatoms. The molecule has 0 heterocycles. The Morgan fingerprint density at radius 1 is 1.37 bits per heavy atom. The lowest BCUT2D eigenvalue weighted by Gasteiger charge is -2.30. The number of ether oxygens (including phenoxy) is 1. The normalized spacial score (nSPS) is 25.7. The maximum absolute atomic E-state index is 5.36. The molecule has 3 nitrogen and oxygen atoms in total. The van der Waals surface area contributed by atoms with Crippen LogP contribution in [0.15, 0.2) is 18.2 Å². The van der Waals surface area contributed by atoms with E-state index in [1.807, 2.05) is 0 Å². The minimum atomic E-state index is 0.425. The third-order valence-electron chi connectivity index (χ3n) is 4.62. The molecule has 0 spiro atoms. The van der Waals surface area contributed by atoms with Crippen LogP contribution in [0.5, 0.6) is 5.75 Å². The maximum atomic E-state index is 5.36. The standard InChI is InChI=1S/C16H24N2O/c1-17-16-14-9-13(19-3)7-6-12(14)8-15(16)18(2)10-11-4-5-11/h6-7,9,11,15-17H,4-5,8,10H2,1-3H3. The molecule has 19 heavy (non-hydrogen) atoms.